The smallest absolute Gasteiger partial charge is 0.234 e. The summed E-state index contributed by atoms with van der Waals surface area (Å²) in [4.78, 5) is 0. The third kappa shape index (κ3) is 2.88. The number of benzene rings is 1. The number of methoxy groups -OCH3 is 1. The van der Waals surface area contributed by atoms with Crippen LogP contribution in [0.3, 0.4) is 0 Å². The van der Waals surface area contributed by atoms with Crippen molar-refractivity contribution in [2.75, 3.05) is 24.2 Å². The van der Waals surface area contributed by atoms with E-state index in [1.54, 1.807) is 38.4 Å². The molecule has 0 aromatic heterocycles. The van der Waals surface area contributed by atoms with Gasteiger partial charge in [0, 0.05) is 7.05 Å². The summed E-state index contributed by atoms with van der Waals surface area (Å²) in [6.45, 7) is 1.85. The van der Waals surface area contributed by atoms with Crippen molar-refractivity contribution < 1.29 is 13.2 Å². The van der Waals surface area contributed by atoms with E-state index in [1.165, 1.54) is 4.31 Å². The van der Waals surface area contributed by atoms with Gasteiger partial charge in [0.05, 0.1) is 18.6 Å². The van der Waals surface area contributed by atoms with Crippen LogP contribution in [0.1, 0.15) is 13.3 Å². The minimum Gasteiger partial charge on any atom is -0.497 e. The zero-order valence-electron chi connectivity index (χ0n) is 9.80. The van der Waals surface area contributed by atoms with Crippen LogP contribution < -0.4 is 9.04 Å². The summed E-state index contributed by atoms with van der Waals surface area (Å²) in [7, 11) is -0.0522. The van der Waals surface area contributed by atoms with Gasteiger partial charge in [-0.25, -0.2) is 8.42 Å². The van der Waals surface area contributed by atoms with E-state index >= 15 is 0 Å². The zero-order valence-corrected chi connectivity index (χ0v) is 10.6. The van der Waals surface area contributed by atoms with Gasteiger partial charge in [-0.3, -0.25) is 4.31 Å². The minimum atomic E-state index is -3.19. The molecule has 0 saturated heterocycles. The van der Waals surface area contributed by atoms with Gasteiger partial charge in [0.2, 0.25) is 10.0 Å². The Hall–Kier alpha value is -1.23. The van der Waals surface area contributed by atoms with E-state index in [1.807, 2.05) is 6.92 Å². The molecule has 4 nitrogen and oxygen atoms in total. The van der Waals surface area contributed by atoms with Crippen molar-refractivity contribution in [2.45, 2.75) is 13.3 Å². The van der Waals surface area contributed by atoms with Crippen molar-refractivity contribution in [1.82, 2.24) is 0 Å². The highest BCUT2D eigenvalue weighted by atomic mass is 32.2. The Morgan fingerprint density at radius 3 is 2.25 bits per heavy atom. The minimum absolute atomic E-state index is 0.162. The monoisotopic (exact) mass is 243 g/mol. The maximum absolute atomic E-state index is 11.8. The van der Waals surface area contributed by atoms with Gasteiger partial charge in [0.1, 0.15) is 5.75 Å². The van der Waals surface area contributed by atoms with Crippen LogP contribution in [0, 0.1) is 0 Å². The van der Waals surface area contributed by atoms with Crippen LogP contribution in [0.5, 0.6) is 5.75 Å². The molecule has 1 rings (SSSR count). The van der Waals surface area contributed by atoms with Crippen molar-refractivity contribution in [3.63, 3.8) is 0 Å². The molecule has 0 amide bonds. The summed E-state index contributed by atoms with van der Waals surface area (Å²) in [5.41, 5.74) is 0.647. The number of nitrogens with zero attached hydrogens (tertiary/aromatic N) is 1. The molecule has 0 radical (unpaired) electrons. The average molecular weight is 243 g/mol. The lowest BCUT2D eigenvalue weighted by Crippen LogP contribution is -2.28. The Bertz CT molecular complexity index is 425. The average Bonchev–Trinajstić information content (AvgIpc) is 2.28. The first kappa shape index (κ1) is 12.8. The Morgan fingerprint density at radius 2 is 1.81 bits per heavy atom. The van der Waals surface area contributed by atoms with Crippen molar-refractivity contribution in [1.29, 1.82) is 0 Å². The van der Waals surface area contributed by atoms with Crippen molar-refractivity contribution >= 4 is 15.7 Å². The molecule has 0 atom stereocenters. The van der Waals surface area contributed by atoms with Gasteiger partial charge >= 0.3 is 0 Å². The van der Waals surface area contributed by atoms with E-state index in [0.717, 1.165) is 0 Å². The number of sulfonamides is 1. The molecule has 0 aliphatic carbocycles. The summed E-state index contributed by atoms with van der Waals surface area (Å²) < 4.78 is 29.9. The molecule has 0 fully saturated rings. The van der Waals surface area contributed by atoms with Crippen LogP contribution in [0.4, 0.5) is 5.69 Å². The summed E-state index contributed by atoms with van der Waals surface area (Å²) in [5.74, 6) is 0.875. The summed E-state index contributed by atoms with van der Waals surface area (Å²) >= 11 is 0. The van der Waals surface area contributed by atoms with E-state index in [0.29, 0.717) is 17.9 Å². The number of anilines is 1. The fourth-order valence-corrected chi connectivity index (χ4v) is 2.58. The second-order valence-corrected chi connectivity index (χ2v) is 5.60. The molecule has 0 heterocycles. The molecule has 0 bridgehead atoms. The summed E-state index contributed by atoms with van der Waals surface area (Å²) in [6.07, 6.45) is 0.614. The second-order valence-electron chi connectivity index (χ2n) is 3.48. The Balaban J connectivity index is 2.92. The fourth-order valence-electron chi connectivity index (χ4n) is 1.35. The lowest BCUT2D eigenvalue weighted by atomic mass is 10.3. The summed E-state index contributed by atoms with van der Waals surface area (Å²) in [5, 5.41) is 0. The van der Waals surface area contributed by atoms with Crippen LogP contribution in [0.2, 0.25) is 0 Å². The van der Waals surface area contributed by atoms with Crippen molar-refractivity contribution in [3.05, 3.63) is 24.3 Å². The molecule has 1 aromatic rings. The molecule has 16 heavy (non-hydrogen) atoms. The first-order chi connectivity index (χ1) is 7.51. The highest BCUT2D eigenvalue weighted by Crippen LogP contribution is 2.20. The molecule has 0 aliphatic rings. The number of rotatable bonds is 5. The van der Waals surface area contributed by atoms with Gasteiger partial charge < -0.3 is 4.74 Å². The standard InChI is InChI=1S/C11H17NO3S/c1-4-9-16(13,14)12(2)10-5-7-11(15-3)8-6-10/h5-8H,4,9H2,1-3H3. The maximum Gasteiger partial charge on any atom is 0.234 e. The quantitative estimate of drug-likeness (QED) is 0.793. The molecule has 0 aliphatic heterocycles. The second kappa shape index (κ2) is 5.21. The fraction of sp³-hybridized carbons (Fsp3) is 0.455. The van der Waals surface area contributed by atoms with E-state index in [-0.39, 0.29) is 5.75 Å². The molecular weight excluding hydrogens is 226 g/mol. The SMILES string of the molecule is CCCS(=O)(=O)N(C)c1ccc(OC)cc1. The molecule has 90 valence electrons. The normalized spacial score (nSPS) is 11.2. The van der Waals surface area contributed by atoms with Crippen molar-refractivity contribution in [2.24, 2.45) is 0 Å². The molecule has 0 saturated carbocycles. The predicted molar refractivity (Wildman–Crippen MR) is 65.5 cm³/mol. The van der Waals surface area contributed by atoms with Crippen molar-refractivity contribution in [3.8, 4) is 5.75 Å². The topological polar surface area (TPSA) is 46.6 Å². The van der Waals surface area contributed by atoms with Gasteiger partial charge in [-0.15, -0.1) is 0 Å². The van der Waals surface area contributed by atoms with Crippen LogP contribution in [-0.4, -0.2) is 28.3 Å². The highest BCUT2D eigenvalue weighted by molar-refractivity contribution is 7.92. The Morgan fingerprint density at radius 1 is 1.25 bits per heavy atom. The largest absolute Gasteiger partial charge is 0.497 e. The zero-order chi connectivity index (χ0) is 12.2. The van der Waals surface area contributed by atoms with Crippen LogP contribution in [-0.2, 0) is 10.0 Å². The molecule has 5 heteroatoms. The molecule has 0 unspecified atom stereocenters. The van der Waals surface area contributed by atoms with Gasteiger partial charge in [0.25, 0.3) is 0 Å². The molecular formula is C11H17NO3S. The number of hydrogen-bond acceptors (Lipinski definition) is 3. The summed E-state index contributed by atoms with van der Waals surface area (Å²) in [6, 6.07) is 6.94. The van der Waals surface area contributed by atoms with Gasteiger partial charge in [0.15, 0.2) is 0 Å². The number of hydrogen-bond donors (Lipinski definition) is 0. The maximum atomic E-state index is 11.8. The van der Waals surface area contributed by atoms with E-state index in [4.69, 9.17) is 4.74 Å². The van der Waals surface area contributed by atoms with Crippen LogP contribution in [0.15, 0.2) is 24.3 Å². The first-order valence-electron chi connectivity index (χ1n) is 5.12. The third-order valence-corrected chi connectivity index (χ3v) is 4.28. The number of ether oxygens (including phenoxy) is 1. The highest BCUT2D eigenvalue weighted by Gasteiger charge is 2.16. The lowest BCUT2D eigenvalue weighted by molar-refractivity contribution is 0.415. The van der Waals surface area contributed by atoms with E-state index in [2.05, 4.69) is 0 Å². The van der Waals surface area contributed by atoms with Crippen LogP contribution >= 0.6 is 0 Å². The van der Waals surface area contributed by atoms with E-state index in [9.17, 15) is 8.42 Å². The predicted octanol–water partition coefficient (Wildman–Crippen LogP) is 1.87. The van der Waals surface area contributed by atoms with Gasteiger partial charge in [-0.1, -0.05) is 6.92 Å². The Labute approximate surface area is 96.9 Å². The lowest BCUT2D eigenvalue weighted by Gasteiger charge is -2.19. The van der Waals surface area contributed by atoms with E-state index < -0.39 is 10.0 Å². The van der Waals surface area contributed by atoms with Gasteiger partial charge in [-0.05, 0) is 30.7 Å². The van der Waals surface area contributed by atoms with Crippen LogP contribution in [0.25, 0.3) is 0 Å². The van der Waals surface area contributed by atoms with Gasteiger partial charge in [-0.2, -0.15) is 0 Å². The molecule has 0 N–H and O–H groups in total. The first-order valence-corrected chi connectivity index (χ1v) is 6.73. The Kier molecular flexibility index (Phi) is 4.18. The molecule has 0 spiro atoms. The third-order valence-electron chi connectivity index (χ3n) is 2.32. The molecule has 1 aromatic carbocycles.